The molecule has 1 fully saturated rings. The van der Waals surface area contributed by atoms with Crippen LogP contribution in [0.1, 0.15) is 18.4 Å². The van der Waals surface area contributed by atoms with E-state index in [1.54, 1.807) is 11.9 Å². The zero-order chi connectivity index (χ0) is 12.4. The normalized spacial score (nSPS) is 14.4. The summed E-state index contributed by atoms with van der Waals surface area (Å²) >= 11 is 0. The number of hydrogen-bond donors (Lipinski definition) is 1. The number of carbonyl (C=O) groups is 1. The molecule has 1 aliphatic rings. The van der Waals surface area contributed by atoms with Gasteiger partial charge in [-0.1, -0.05) is 5.16 Å². The van der Waals surface area contributed by atoms with Crippen LogP contribution < -0.4 is 5.32 Å². The van der Waals surface area contributed by atoms with Crippen molar-refractivity contribution in [1.82, 2.24) is 15.4 Å². The van der Waals surface area contributed by atoms with Crippen molar-refractivity contribution in [2.75, 3.05) is 20.1 Å². The molecule has 1 saturated heterocycles. The zero-order valence-electron chi connectivity index (χ0n) is 10.4. The Morgan fingerprint density at radius 2 is 2.29 bits per heavy atom. The van der Waals surface area contributed by atoms with Crippen LogP contribution >= 0.6 is 0 Å². The molecule has 17 heavy (non-hydrogen) atoms. The Kier molecular flexibility index (Phi) is 3.28. The fourth-order valence-electron chi connectivity index (χ4n) is 1.76. The smallest absolute Gasteiger partial charge is 0.249 e. The summed E-state index contributed by atoms with van der Waals surface area (Å²) in [6.07, 6.45) is 0. The number of likely N-dealkylation sites (N-methyl/N-ethyl adjacent to an activating group) is 1. The molecule has 2 heterocycles. The highest BCUT2D eigenvalue weighted by Gasteiger charge is 2.19. The number of amides is 1. The van der Waals surface area contributed by atoms with Crippen molar-refractivity contribution < 1.29 is 9.32 Å². The highest BCUT2D eigenvalue weighted by molar-refractivity contribution is 5.93. The molecule has 1 aromatic rings. The number of aryl methyl sites for hydroxylation is 1. The van der Waals surface area contributed by atoms with Crippen molar-refractivity contribution in [1.29, 1.82) is 0 Å². The molecule has 0 unspecified atom stereocenters. The molecule has 1 aromatic heterocycles. The Balaban J connectivity index is 2.00. The second-order valence-electron chi connectivity index (χ2n) is 4.42. The van der Waals surface area contributed by atoms with Crippen LogP contribution in [0.4, 0.5) is 0 Å². The molecule has 0 bridgehead atoms. The predicted octanol–water partition coefficient (Wildman–Crippen LogP) is 0.861. The molecule has 0 saturated carbocycles. The summed E-state index contributed by atoms with van der Waals surface area (Å²) in [5.74, 6) is 0.821. The van der Waals surface area contributed by atoms with Gasteiger partial charge in [0.15, 0.2) is 0 Å². The van der Waals surface area contributed by atoms with Crippen LogP contribution in [0.3, 0.4) is 0 Å². The summed E-state index contributed by atoms with van der Waals surface area (Å²) in [4.78, 5) is 13.7. The van der Waals surface area contributed by atoms with Gasteiger partial charge in [-0.05, 0) is 19.4 Å². The van der Waals surface area contributed by atoms with E-state index in [0.29, 0.717) is 6.54 Å². The maximum Gasteiger partial charge on any atom is 0.249 e. The van der Waals surface area contributed by atoms with E-state index in [9.17, 15) is 4.79 Å². The first kappa shape index (κ1) is 11.9. The molecule has 0 radical (unpaired) electrons. The van der Waals surface area contributed by atoms with Crippen molar-refractivity contribution in [2.45, 2.75) is 20.4 Å². The summed E-state index contributed by atoms with van der Waals surface area (Å²) in [5, 5.41) is 7.01. The Hall–Kier alpha value is -1.62. The molecule has 2 rings (SSSR count). The minimum Gasteiger partial charge on any atom is -0.361 e. The third-order valence-electron chi connectivity index (χ3n) is 2.95. The van der Waals surface area contributed by atoms with E-state index >= 15 is 0 Å². The fourth-order valence-corrected chi connectivity index (χ4v) is 1.76. The average molecular weight is 235 g/mol. The number of hydrogen-bond acceptors (Lipinski definition) is 4. The maximum absolute atomic E-state index is 12.1. The van der Waals surface area contributed by atoms with Crippen molar-refractivity contribution in [2.24, 2.45) is 0 Å². The molecule has 5 nitrogen and oxygen atoms in total. The summed E-state index contributed by atoms with van der Waals surface area (Å²) in [6.45, 7) is 5.85. The molecule has 0 aromatic carbocycles. The molecule has 0 aliphatic carbocycles. The lowest BCUT2D eigenvalue weighted by molar-refractivity contribution is -0.126. The number of rotatable bonds is 3. The van der Waals surface area contributed by atoms with Gasteiger partial charge in [-0.3, -0.25) is 4.79 Å². The Labute approximate surface area is 100 Å². The van der Waals surface area contributed by atoms with Crippen LogP contribution in [0.15, 0.2) is 21.7 Å². The zero-order valence-corrected chi connectivity index (χ0v) is 10.4. The van der Waals surface area contributed by atoms with Gasteiger partial charge >= 0.3 is 0 Å². The maximum atomic E-state index is 12.1. The van der Waals surface area contributed by atoms with Crippen molar-refractivity contribution >= 4 is 5.91 Å². The van der Waals surface area contributed by atoms with Gasteiger partial charge < -0.3 is 14.7 Å². The quantitative estimate of drug-likeness (QED) is 0.789. The van der Waals surface area contributed by atoms with Gasteiger partial charge in [-0.2, -0.15) is 0 Å². The van der Waals surface area contributed by atoms with E-state index in [-0.39, 0.29) is 5.91 Å². The highest BCUT2D eigenvalue weighted by atomic mass is 16.5. The van der Waals surface area contributed by atoms with E-state index in [2.05, 4.69) is 10.5 Å². The summed E-state index contributed by atoms with van der Waals surface area (Å²) < 4.78 is 4.98. The minimum atomic E-state index is 0.0575. The van der Waals surface area contributed by atoms with E-state index in [0.717, 1.165) is 30.1 Å². The molecule has 1 aliphatic heterocycles. The Morgan fingerprint density at radius 3 is 2.76 bits per heavy atom. The summed E-state index contributed by atoms with van der Waals surface area (Å²) in [5.41, 5.74) is 2.81. The van der Waals surface area contributed by atoms with Crippen LogP contribution in [0, 0.1) is 6.92 Å². The van der Waals surface area contributed by atoms with Crippen molar-refractivity contribution in [3.63, 3.8) is 0 Å². The number of nitrogens with one attached hydrogen (secondary N) is 1. The molecule has 0 atom stereocenters. The van der Waals surface area contributed by atoms with E-state index < -0.39 is 0 Å². The average Bonchev–Trinajstić information content (AvgIpc) is 2.60. The topological polar surface area (TPSA) is 58.4 Å². The fraction of sp³-hybridized carbons (Fsp3) is 0.500. The first-order chi connectivity index (χ1) is 8.08. The standard InChI is InChI=1S/C12H17N3O2/c1-8-4-11(14-17-8)7-15(3)12(16)9(2)10-5-13-6-10/h4,13H,5-7H2,1-3H3. The first-order valence-corrected chi connectivity index (χ1v) is 5.65. The van der Waals surface area contributed by atoms with E-state index in [1.165, 1.54) is 5.57 Å². The first-order valence-electron chi connectivity index (χ1n) is 5.65. The van der Waals surface area contributed by atoms with Gasteiger partial charge in [0.05, 0.1) is 6.54 Å². The molecule has 5 heteroatoms. The number of aromatic nitrogens is 1. The van der Waals surface area contributed by atoms with Gasteiger partial charge in [-0.25, -0.2) is 0 Å². The van der Waals surface area contributed by atoms with Crippen LogP contribution in [0.2, 0.25) is 0 Å². The second kappa shape index (κ2) is 4.71. The van der Waals surface area contributed by atoms with E-state index in [1.807, 2.05) is 19.9 Å². The molecular weight excluding hydrogens is 218 g/mol. The second-order valence-corrected chi connectivity index (χ2v) is 4.42. The lowest BCUT2D eigenvalue weighted by atomic mass is 10.0. The lowest BCUT2D eigenvalue weighted by Gasteiger charge is -2.24. The van der Waals surface area contributed by atoms with Crippen LogP contribution in [0.5, 0.6) is 0 Å². The predicted molar refractivity (Wildman–Crippen MR) is 63.3 cm³/mol. The van der Waals surface area contributed by atoms with Crippen LogP contribution in [-0.2, 0) is 11.3 Å². The van der Waals surface area contributed by atoms with Crippen LogP contribution in [-0.4, -0.2) is 36.1 Å². The van der Waals surface area contributed by atoms with Crippen molar-refractivity contribution in [3.8, 4) is 0 Å². The van der Waals surface area contributed by atoms with Gasteiger partial charge in [0.1, 0.15) is 11.5 Å². The van der Waals surface area contributed by atoms with Gasteiger partial charge in [0, 0.05) is 31.8 Å². The molecule has 1 N–H and O–H groups in total. The van der Waals surface area contributed by atoms with Crippen LogP contribution in [0.25, 0.3) is 0 Å². The molecule has 0 spiro atoms. The SMILES string of the molecule is CC(C(=O)N(C)Cc1cc(C)on1)=C1CNC1. The van der Waals surface area contributed by atoms with Crippen molar-refractivity contribution in [3.05, 3.63) is 28.7 Å². The van der Waals surface area contributed by atoms with E-state index in [4.69, 9.17) is 4.52 Å². The highest BCUT2D eigenvalue weighted by Crippen LogP contribution is 2.13. The third kappa shape index (κ3) is 2.55. The number of carbonyl (C=O) groups excluding carboxylic acids is 1. The molecule has 1 amide bonds. The number of nitrogens with zero attached hydrogens (tertiary/aromatic N) is 2. The Bertz CT molecular complexity index is 456. The summed E-state index contributed by atoms with van der Waals surface area (Å²) in [6, 6.07) is 1.84. The third-order valence-corrected chi connectivity index (χ3v) is 2.95. The van der Waals surface area contributed by atoms with Gasteiger partial charge in [0.25, 0.3) is 0 Å². The van der Waals surface area contributed by atoms with Gasteiger partial charge in [-0.15, -0.1) is 0 Å². The Morgan fingerprint density at radius 1 is 1.59 bits per heavy atom. The van der Waals surface area contributed by atoms with Gasteiger partial charge in [0.2, 0.25) is 5.91 Å². The summed E-state index contributed by atoms with van der Waals surface area (Å²) in [7, 11) is 1.78. The largest absolute Gasteiger partial charge is 0.361 e. The monoisotopic (exact) mass is 235 g/mol. The minimum absolute atomic E-state index is 0.0575. The lowest BCUT2D eigenvalue weighted by Crippen LogP contribution is -2.38. The molecule has 92 valence electrons. The molecular formula is C12H17N3O2.